The molecule has 1 heterocycles. The normalized spacial score (nSPS) is 20.4. The maximum atomic E-state index is 12.5. The Morgan fingerprint density at radius 1 is 1.20 bits per heavy atom. The number of sulfonamides is 1. The van der Waals surface area contributed by atoms with E-state index in [9.17, 15) is 16.8 Å². The summed E-state index contributed by atoms with van der Waals surface area (Å²) in [6, 6.07) is 4.21. The molecule has 0 radical (unpaired) electrons. The fourth-order valence-corrected chi connectivity index (χ4v) is 5.27. The van der Waals surface area contributed by atoms with Crippen molar-refractivity contribution in [3.05, 3.63) is 23.2 Å². The number of hydrogen-bond acceptors (Lipinski definition) is 5. The molecule has 112 valence electrons. The fourth-order valence-electron chi connectivity index (χ4n) is 2.03. The first kappa shape index (κ1) is 15.6. The first-order valence-electron chi connectivity index (χ1n) is 5.98. The predicted octanol–water partition coefficient (Wildman–Crippen LogP) is 0.731. The molecule has 2 rings (SSSR count). The molecule has 1 aliphatic heterocycles. The molecule has 2 N–H and O–H groups in total. The average Bonchev–Trinajstić information content (AvgIpc) is 2.53. The number of nitrogens with zero attached hydrogens (tertiary/aromatic N) is 1. The number of benzene rings is 1. The third-order valence-electron chi connectivity index (χ3n) is 3.11. The highest BCUT2D eigenvalue weighted by Crippen LogP contribution is 2.26. The van der Waals surface area contributed by atoms with E-state index in [4.69, 9.17) is 17.3 Å². The van der Waals surface area contributed by atoms with Crippen molar-refractivity contribution in [2.45, 2.75) is 11.3 Å². The van der Waals surface area contributed by atoms with E-state index in [2.05, 4.69) is 0 Å². The summed E-state index contributed by atoms with van der Waals surface area (Å²) >= 11 is 5.80. The van der Waals surface area contributed by atoms with Crippen molar-refractivity contribution in [1.29, 1.82) is 0 Å². The van der Waals surface area contributed by atoms with Gasteiger partial charge in [-0.3, -0.25) is 0 Å². The molecule has 6 nitrogen and oxygen atoms in total. The molecule has 1 fully saturated rings. The van der Waals surface area contributed by atoms with Crippen LogP contribution in [0.2, 0.25) is 5.02 Å². The quantitative estimate of drug-likeness (QED) is 0.802. The second kappa shape index (κ2) is 5.51. The Morgan fingerprint density at radius 3 is 2.60 bits per heavy atom. The van der Waals surface area contributed by atoms with E-state index < -0.39 is 19.9 Å². The van der Waals surface area contributed by atoms with Gasteiger partial charge in [0.15, 0.2) is 9.84 Å². The molecule has 1 aliphatic rings. The number of halogens is 1. The van der Waals surface area contributed by atoms with E-state index in [0.717, 1.165) is 4.31 Å². The second-order valence-corrected chi connectivity index (χ2v) is 9.24. The highest BCUT2D eigenvalue weighted by molar-refractivity contribution is 7.91. The second-order valence-electron chi connectivity index (χ2n) is 4.59. The van der Waals surface area contributed by atoms with Crippen LogP contribution in [0.5, 0.6) is 0 Å². The molecule has 0 aromatic heterocycles. The van der Waals surface area contributed by atoms with Gasteiger partial charge in [-0.15, -0.1) is 0 Å². The van der Waals surface area contributed by atoms with Gasteiger partial charge in [0.25, 0.3) is 0 Å². The van der Waals surface area contributed by atoms with E-state index in [1.165, 1.54) is 18.2 Å². The Bertz CT molecular complexity index is 716. The summed E-state index contributed by atoms with van der Waals surface area (Å²) in [4.78, 5) is -0.0794. The van der Waals surface area contributed by atoms with Gasteiger partial charge in [-0.2, -0.15) is 4.31 Å². The van der Waals surface area contributed by atoms with Gasteiger partial charge in [-0.25, -0.2) is 16.8 Å². The zero-order valence-corrected chi connectivity index (χ0v) is 13.0. The first-order chi connectivity index (χ1) is 9.22. The summed E-state index contributed by atoms with van der Waals surface area (Å²) in [6.07, 6.45) is 0.280. The molecule has 1 saturated heterocycles. The van der Waals surface area contributed by atoms with E-state index in [0.29, 0.717) is 0 Å². The van der Waals surface area contributed by atoms with Crippen LogP contribution in [-0.2, 0) is 19.9 Å². The Morgan fingerprint density at radius 2 is 1.90 bits per heavy atom. The van der Waals surface area contributed by atoms with Crippen LogP contribution < -0.4 is 5.73 Å². The molecule has 0 bridgehead atoms. The summed E-state index contributed by atoms with van der Waals surface area (Å²) in [5.41, 5.74) is 5.79. The van der Waals surface area contributed by atoms with Gasteiger partial charge >= 0.3 is 0 Å². The number of sulfone groups is 1. The highest BCUT2D eigenvalue weighted by Gasteiger charge is 2.30. The number of nitrogen functional groups attached to an aromatic ring is 1. The summed E-state index contributed by atoms with van der Waals surface area (Å²) in [7, 11) is -7.01. The molecule has 0 atom stereocenters. The van der Waals surface area contributed by atoms with Crippen LogP contribution in [-0.4, -0.2) is 45.7 Å². The zero-order chi connectivity index (χ0) is 15.0. The molecule has 1 aromatic rings. The largest absolute Gasteiger partial charge is 0.398 e. The molecule has 1 aromatic carbocycles. The Balaban J connectivity index is 2.37. The van der Waals surface area contributed by atoms with Crippen molar-refractivity contribution in [2.24, 2.45) is 0 Å². The summed E-state index contributed by atoms with van der Waals surface area (Å²) in [5.74, 6) is -0.170. The molecule has 0 aliphatic carbocycles. The maximum absolute atomic E-state index is 12.5. The third kappa shape index (κ3) is 3.25. The van der Waals surface area contributed by atoms with Gasteiger partial charge in [0.1, 0.15) is 4.90 Å². The lowest BCUT2D eigenvalue weighted by Crippen LogP contribution is -2.34. The molecule has 0 spiro atoms. The van der Waals surface area contributed by atoms with Gasteiger partial charge in [0.05, 0.1) is 17.2 Å². The van der Waals surface area contributed by atoms with Crippen molar-refractivity contribution in [3.63, 3.8) is 0 Å². The smallest absolute Gasteiger partial charge is 0.245 e. The number of rotatable bonds is 2. The highest BCUT2D eigenvalue weighted by atomic mass is 35.5. The lowest BCUT2D eigenvalue weighted by atomic mass is 10.3. The number of hydrogen-bond donors (Lipinski definition) is 1. The van der Waals surface area contributed by atoms with Crippen LogP contribution in [0.15, 0.2) is 23.1 Å². The monoisotopic (exact) mass is 338 g/mol. The van der Waals surface area contributed by atoms with Gasteiger partial charge in [-0.1, -0.05) is 11.6 Å². The number of nitrogens with two attached hydrogens (primary N) is 1. The van der Waals surface area contributed by atoms with Crippen molar-refractivity contribution in [3.8, 4) is 0 Å². The molecule has 0 saturated carbocycles. The van der Waals surface area contributed by atoms with Crippen LogP contribution in [0.1, 0.15) is 6.42 Å². The minimum atomic E-state index is -3.83. The predicted molar refractivity (Wildman–Crippen MR) is 77.9 cm³/mol. The van der Waals surface area contributed by atoms with Crippen LogP contribution in [0, 0.1) is 0 Å². The summed E-state index contributed by atoms with van der Waals surface area (Å²) in [6.45, 7) is 0.101. The minimum absolute atomic E-state index is 0.00402. The Labute approximate surface area is 123 Å². The van der Waals surface area contributed by atoms with Gasteiger partial charge in [-0.05, 0) is 24.6 Å². The van der Waals surface area contributed by atoms with Crippen molar-refractivity contribution in [1.82, 2.24) is 4.31 Å². The van der Waals surface area contributed by atoms with Gasteiger partial charge in [0, 0.05) is 18.1 Å². The van der Waals surface area contributed by atoms with Crippen LogP contribution >= 0.6 is 11.6 Å². The summed E-state index contributed by atoms with van der Waals surface area (Å²) < 4.78 is 49.3. The standard InChI is InChI=1S/C11H15ClN2O4S2/c12-9-2-3-10(13)11(8-9)20(17,18)14-4-1-6-19(15,16)7-5-14/h2-3,8H,1,4-7,13H2. The lowest BCUT2D eigenvalue weighted by molar-refractivity contribution is 0.435. The molecular weight excluding hydrogens is 324 g/mol. The van der Waals surface area contributed by atoms with Crippen molar-refractivity contribution < 1.29 is 16.8 Å². The molecule has 9 heteroatoms. The molecule has 0 amide bonds. The van der Waals surface area contributed by atoms with Crippen LogP contribution in [0.4, 0.5) is 5.69 Å². The van der Waals surface area contributed by atoms with Crippen LogP contribution in [0.25, 0.3) is 0 Å². The third-order valence-corrected chi connectivity index (χ3v) is 7.01. The topological polar surface area (TPSA) is 97.5 Å². The molecule has 20 heavy (non-hydrogen) atoms. The maximum Gasteiger partial charge on any atom is 0.245 e. The van der Waals surface area contributed by atoms with Crippen molar-refractivity contribution >= 4 is 37.1 Å². The van der Waals surface area contributed by atoms with E-state index in [-0.39, 0.29) is 46.6 Å². The first-order valence-corrected chi connectivity index (χ1v) is 9.62. The molecule has 0 unspecified atom stereocenters. The van der Waals surface area contributed by atoms with Crippen LogP contribution in [0.3, 0.4) is 0 Å². The van der Waals surface area contributed by atoms with Gasteiger partial charge in [0.2, 0.25) is 10.0 Å². The zero-order valence-electron chi connectivity index (χ0n) is 10.6. The van der Waals surface area contributed by atoms with Crippen molar-refractivity contribution in [2.75, 3.05) is 30.3 Å². The number of anilines is 1. The molecular formula is C11H15ClN2O4S2. The van der Waals surface area contributed by atoms with E-state index in [1.54, 1.807) is 0 Å². The average molecular weight is 339 g/mol. The lowest BCUT2D eigenvalue weighted by Gasteiger charge is -2.20. The van der Waals surface area contributed by atoms with E-state index >= 15 is 0 Å². The SMILES string of the molecule is Nc1ccc(Cl)cc1S(=O)(=O)N1CCCS(=O)(=O)CC1. The summed E-state index contributed by atoms with van der Waals surface area (Å²) in [5, 5.41) is 0.264. The Kier molecular flexibility index (Phi) is 4.29. The fraction of sp³-hybridized carbons (Fsp3) is 0.455. The minimum Gasteiger partial charge on any atom is -0.398 e. The van der Waals surface area contributed by atoms with E-state index in [1.807, 2.05) is 0 Å². The Hall–Kier alpha value is -0.830. The van der Waals surface area contributed by atoms with Gasteiger partial charge < -0.3 is 5.73 Å².